The Bertz CT molecular complexity index is 913. The quantitative estimate of drug-likeness (QED) is 0.734. The number of amides is 4. The topological polar surface area (TPSA) is 85.0 Å². The molecule has 0 aromatic heterocycles. The van der Waals surface area contributed by atoms with E-state index in [1.165, 1.54) is 24.8 Å². The van der Waals surface area contributed by atoms with Gasteiger partial charge in [0.25, 0.3) is 0 Å². The Hall–Kier alpha value is -2.61. The highest BCUT2D eigenvalue weighted by Crippen LogP contribution is 2.40. The molecule has 4 unspecified atom stereocenters. The van der Waals surface area contributed by atoms with Gasteiger partial charge in [0.2, 0.25) is 11.8 Å². The molecule has 4 aliphatic rings. The van der Waals surface area contributed by atoms with Crippen LogP contribution in [0.3, 0.4) is 0 Å². The van der Waals surface area contributed by atoms with Gasteiger partial charge in [-0.3, -0.25) is 19.5 Å². The van der Waals surface area contributed by atoms with Crippen molar-refractivity contribution in [3.63, 3.8) is 0 Å². The summed E-state index contributed by atoms with van der Waals surface area (Å²) in [5.74, 6) is -0.233. The predicted octanol–water partition coefficient (Wildman–Crippen LogP) is 2.73. The van der Waals surface area contributed by atoms with Crippen LogP contribution in [0, 0.1) is 18.8 Å². The molecule has 2 aliphatic carbocycles. The van der Waals surface area contributed by atoms with E-state index in [0.717, 1.165) is 18.4 Å². The second kappa shape index (κ2) is 8.97. The van der Waals surface area contributed by atoms with E-state index in [4.69, 9.17) is 0 Å². The lowest BCUT2D eigenvalue weighted by molar-refractivity contribution is -0.156. The van der Waals surface area contributed by atoms with Gasteiger partial charge >= 0.3 is 6.03 Å². The van der Waals surface area contributed by atoms with E-state index in [2.05, 4.69) is 10.7 Å². The zero-order valence-electron chi connectivity index (χ0n) is 19.6. The fourth-order valence-corrected chi connectivity index (χ4v) is 6.01. The first-order chi connectivity index (χ1) is 15.9. The number of urea groups is 1. The molecule has 8 nitrogen and oxygen atoms in total. The molecule has 4 fully saturated rings. The molecule has 2 heterocycles. The molecule has 0 spiro atoms. The van der Waals surface area contributed by atoms with Crippen molar-refractivity contribution in [1.29, 1.82) is 0 Å². The maximum Gasteiger partial charge on any atom is 0.337 e. The standard InChI is InChI=1S/C25H35N5O3/c1-16-8-10-17(11-9-16)15-29-25(33)30-21-14-18(22(31)26-19-6-4-3-5-7-19)12-13-20(21)23(32)28(2)24(30)27-29/h8-11,18-21,24,27H,3-7,12-15H2,1-2H3,(H,26,31). The number of nitrogens with one attached hydrogen (secondary N) is 2. The van der Waals surface area contributed by atoms with Crippen LogP contribution in [-0.2, 0) is 16.1 Å². The van der Waals surface area contributed by atoms with E-state index in [-0.39, 0.29) is 41.8 Å². The molecule has 2 N–H and O–H groups in total. The lowest BCUT2D eigenvalue weighted by atomic mass is 9.75. The highest BCUT2D eigenvalue weighted by Gasteiger charge is 2.55. The zero-order chi connectivity index (χ0) is 23.1. The monoisotopic (exact) mass is 453 g/mol. The number of carbonyl (C=O) groups excluding carboxylic acids is 3. The first kappa shape index (κ1) is 22.2. The van der Waals surface area contributed by atoms with Crippen LogP contribution in [0.1, 0.15) is 62.5 Å². The SMILES string of the molecule is Cc1ccc(CN2NC3N(C)C(=O)C4CCC(C(=O)NC5CCCCC5)CC4N3C2=O)cc1. The van der Waals surface area contributed by atoms with Gasteiger partial charge in [-0.05, 0) is 44.6 Å². The fraction of sp³-hybridized carbons (Fsp3) is 0.640. The second-order valence-electron chi connectivity index (χ2n) is 10.2. The van der Waals surface area contributed by atoms with Gasteiger partial charge in [-0.1, -0.05) is 49.1 Å². The summed E-state index contributed by atoms with van der Waals surface area (Å²) in [6.07, 6.45) is 7.09. The normalized spacial score (nSPS) is 30.3. The number of hydrogen-bond donors (Lipinski definition) is 2. The van der Waals surface area contributed by atoms with Gasteiger partial charge < -0.3 is 10.2 Å². The summed E-state index contributed by atoms with van der Waals surface area (Å²) in [7, 11) is 1.76. The summed E-state index contributed by atoms with van der Waals surface area (Å²) in [6, 6.07) is 8.01. The van der Waals surface area contributed by atoms with Crippen LogP contribution in [0.5, 0.6) is 0 Å². The summed E-state index contributed by atoms with van der Waals surface area (Å²) >= 11 is 0. The van der Waals surface area contributed by atoms with Crippen LogP contribution < -0.4 is 10.7 Å². The van der Waals surface area contributed by atoms with Crippen molar-refractivity contribution in [3.05, 3.63) is 35.4 Å². The summed E-state index contributed by atoms with van der Waals surface area (Å²) < 4.78 is 0. The molecule has 33 heavy (non-hydrogen) atoms. The fourth-order valence-electron chi connectivity index (χ4n) is 6.01. The first-order valence-electron chi connectivity index (χ1n) is 12.4. The Morgan fingerprint density at radius 3 is 2.52 bits per heavy atom. The van der Waals surface area contributed by atoms with Crippen LogP contribution in [0.25, 0.3) is 0 Å². The average Bonchev–Trinajstić information content (AvgIpc) is 3.15. The third-order valence-electron chi connectivity index (χ3n) is 7.98. The maximum absolute atomic E-state index is 13.5. The number of fused-ring (bicyclic) bond motifs is 3. The van der Waals surface area contributed by atoms with Crippen molar-refractivity contribution >= 4 is 17.8 Å². The van der Waals surface area contributed by atoms with E-state index < -0.39 is 6.29 Å². The van der Waals surface area contributed by atoms with Crippen molar-refractivity contribution in [2.24, 2.45) is 11.8 Å². The lowest BCUT2D eigenvalue weighted by Gasteiger charge is -2.48. The highest BCUT2D eigenvalue weighted by molar-refractivity contribution is 5.86. The van der Waals surface area contributed by atoms with Gasteiger partial charge in [0.05, 0.1) is 12.5 Å². The summed E-state index contributed by atoms with van der Waals surface area (Å²) in [4.78, 5) is 43.1. The molecular weight excluding hydrogens is 418 g/mol. The van der Waals surface area contributed by atoms with E-state index in [1.54, 1.807) is 21.9 Å². The second-order valence-corrected chi connectivity index (χ2v) is 10.2. The van der Waals surface area contributed by atoms with Gasteiger partial charge in [-0.25, -0.2) is 4.79 Å². The Morgan fingerprint density at radius 1 is 1.06 bits per heavy atom. The summed E-state index contributed by atoms with van der Waals surface area (Å²) in [5.41, 5.74) is 5.44. The molecule has 0 radical (unpaired) electrons. The maximum atomic E-state index is 13.5. The molecule has 2 aliphatic heterocycles. The van der Waals surface area contributed by atoms with Crippen LogP contribution >= 0.6 is 0 Å². The van der Waals surface area contributed by atoms with E-state index >= 15 is 0 Å². The number of nitrogens with zero attached hydrogens (tertiary/aromatic N) is 3. The molecule has 4 amide bonds. The van der Waals surface area contributed by atoms with E-state index in [0.29, 0.717) is 25.8 Å². The molecule has 1 aromatic carbocycles. The minimum atomic E-state index is -0.503. The Balaban J connectivity index is 1.31. The number of hydrazine groups is 1. The predicted molar refractivity (Wildman–Crippen MR) is 123 cm³/mol. The van der Waals surface area contributed by atoms with Crippen molar-refractivity contribution in [3.8, 4) is 0 Å². The molecular formula is C25H35N5O3. The van der Waals surface area contributed by atoms with Crippen LogP contribution in [0.2, 0.25) is 0 Å². The van der Waals surface area contributed by atoms with Crippen LogP contribution in [-0.4, -0.2) is 58.1 Å². The Labute approximate surface area is 195 Å². The minimum Gasteiger partial charge on any atom is -0.353 e. The molecule has 1 aromatic rings. The summed E-state index contributed by atoms with van der Waals surface area (Å²) in [5, 5.41) is 4.86. The third-order valence-corrected chi connectivity index (χ3v) is 7.98. The molecule has 4 atom stereocenters. The van der Waals surface area contributed by atoms with Gasteiger partial charge in [-0.2, -0.15) is 5.43 Å². The van der Waals surface area contributed by atoms with Gasteiger partial charge in [-0.15, -0.1) is 0 Å². The van der Waals surface area contributed by atoms with E-state index in [9.17, 15) is 14.4 Å². The number of hydrogen-bond acceptors (Lipinski definition) is 4. The summed E-state index contributed by atoms with van der Waals surface area (Å²) in [6.45, 7) is 2.46. The van der Waals surface area contributed by atoms with Crippen LogP contribution in [0.15, 0.2) is 24.3 Å². The largest absolute Gasteiger partial charge is 0.353 e. The minimum absolute atomic E-state index is 0.0601. The number of benzene rings is 1. The molecule has 178 valence electrons. The van der Waals surface area contributed by atoms with Crippen LogP contribution in [0.4, 0.5) is 4.79 Å². The van der Waals surface area contributed by atoms with Gasteiger partial charge in [0.1, 0.15) is 0 Å². The van der Waals surface area contributed by atoms with E-state index in [1.807, 2.05) is 31.2 Å². The third kappa shape index (κ3) is 4.21. The zero-order valence-corrected chi connectivity index (χ0v) is 19.6. The van der Waals surface area contributed by atoms with Crippen molar-refractivity contribution in [2.75, 3.05) is 7.05 Å². The molecule has 8 heteroatoms. The Morgan fingerprint density at radius 2 is 1.79 bits per heavy atom. The molecule has 5 rings (SSSR count). The highest BCUT2D eigenvalue weighted by atomic mass is 16.2. The smallest absolute Gasteiger partial charge is 0.337 e. The van der Waals surface area contributed by atoms with Gasteiger partial charge in [0.15, 0.2) is 6.29 Å². The average molecular weight is 454 g/mol. The number of aryl methyl sites for hydroxylation is 1. The Kier molecular flexibility index (Phi) is 6.03. The number of rotatable bonds is 4. The first-order valence-corrected chi connectivity index (χ1v) is 12.4. The van der Waals surface area contributed by atoms with Crippen molar-refractivity contribution in [2.45, 2.75) is 83.2 Å². The molecule has 2 saturated carbocycles. The van der Waals surface area contributed by atoms with Crippen molar-refractivity contribution < 1.29 is 14.4 Å². The number of carbonyl (C=O) groups is 3. The van der Waals surface area contributed by atoms with Gasteiger partial charge in [0, 0.05) is 25.0 Å². The molecule has 2 saturated heterocycles. The molecule has 0 bridgehead atoms. The lowest BCUT2D eigenvalue weighted by Crippen LogP contribution is -2.66. The van der Waals surface area contributed by atoms with Crippen molar-refractivity contribution in [1.82, 2.24) is 25.6 Å².